The van der Waals surface area contributed by atoms with Gasteiger partial charge in [-0.2, -0.15) is 19.6 Å². The molecule has 10 heteroatoms. The molecule has 3 rings (SSSR count). The first-order chi connectivity index (χ1) is 12.3. The summed E-state index contributed by atoms with van der Waals surface area (Å²) in [7, 11) is 3.72. The maximum Gasteiger partial charge on any atom is 0.229 e. The summed E-state index contributed by atoms with van der Waals surface area (Å²) in [5.74, 6) is 1.30. The Bertz CT molecular complexity index is 922. The monoisotopic (exact) mass is 371 g/mol. The summed E-state index contributed by atoms with van der Waals surface area (Å²) < 4.78 is 1.73. The van der Waals surface area contributed by atoms with Crippen molar-refractivity contribution in [3.8, 4) is 5.69 Å². The van der Waals surface area contributed by atoms with Crippen molar-refractivity contribution in [2.24, 2.45) is 0 Å². The first kappa shape index (κ1) is 18.1. The maximum absolute atomic E-state index is 5.82. The Morgan fingerprint density at radius 1 is 1.15 bits per heavy atom. The van der Waals surface area contributed by atoms with Gasteiger partial charge in [0.25, 0.3) is 0 Å². The second kappa shape index (κ2) is 7.24. The Hall–Kier alpha value is -2.75. The molecule has 1 aromatic carbocycles. The van der Waals surface area contributed by atoms with Gasteiger partial charge in [0.1, 0.15) is 5.82 Å². The molecule has 2 heterocycles. The quantitative estimate of drug-likeness (QED) is 0.673. The van der Waals surface area contributed by atoms with Crippen molar-refractivity contribution >= 4 is 23.7 Å². The van der Waals surface area contributed by atoms with Crippen LogP contribution >= 0.6 is 11.8 Å². The number of nitrogen functional groups attached to an aromatic ring is 1. The highest BCUT2D eigenvalue weighted by Gasteiger charge is 2.19. The summed E-state index contributed by atoms with van der Waals surface area (Å²) >= 11 is 1.47. The molecule has 0 amide bonds. The fourth-order valence-electron chi connectivity index (χ4n) is 2.44. The fourth-order valence-corrected chi connectivity index (χ4v) is 3.28. The zero-order valence-corrected chi connectivity index (χ0v) is 16.2. The molecule has 0 radical (unpaired) electrons. The van der Waals surface area contributed by atoms with Crippen LogP contribution in [0.5, 0.6) is 0 Å². The molecular weight excluding hydrogens is 350 g/mol. The minimum absolute atomic E-state index is 0.102. The third-order valence-corrected chi connectivity index (χ3v) is 4.76. The number of thioether (sulfide) groups is 1. The van der Waals surface area contributed by atoms with Gasteiger partial charge < -0.3 is 10.6 Å². The highest BCUT2D eigenvalue weighted by molar-refractivity contribution is 7.99. The number of hydrogen-bond donors (Lipinski definition) is 1. The van der Waals surface area contributed by atoms with Crippen molar-refractivity contribution < 1.29 is 0 Å². The smallest absolute Gasteiger partial charge is 0.229 e. The van der Waals surface area contributed by atoms with E-state index in [1.165, 1.54) is 17.3 Å². The van der Waals surface area contributed by atoms with Crippen LogP contribution in [0.4, 0.5) is 11.9 Å². The lowest BCUT2D eigenvalue weighted by Gasteiger charge is -2.14. The molecule has 2 aromatic heterocycles. The number of nitrogens with zero attached hydrogens (tertiary/aromatic N) is 8. The third kappa shape index (κ3) is 3.74. The molecule has 0 fully saturated rings. The Balaban J connectivity index is 1.90. The van der Waals surface area contributed by atoms with E-state index in [4.69, 9.17) is 5.73 Å². The topological polar surface area (TPSA) is 112 Å². The lowest BCUT2D eigenvalue weighted by molar-refractivity contribution is 0.749. The van der Waals surface area contributed by atoms with Crippen molar-refractivity contribution in [1.29, 1.82) is 0 Å². The normalized spacial score (nSPS) is 12.2. The molecule has 0 aliphatic rings. The fraction of sp³-hybridized carbons (Fsp3) is 0.375. The minimum atomic E-state index is -0.102. The molecule has 26 heavy (non-hydrogen) atoms. The Labute approximate surface area is 156 Å². The van der Waals surface area contributed by atoms with E-state index < -0.39 is 0 Å². The first-order valence-corrected chi connectivity index (χ1v) is 8.94. The highest BCUT2D eigenvalue weighted by atomic mass is 32.2. The summed E-state index contributed by atoms with van der Waals surface area (Å²) in [6.45, 7) is 6.08. The van der Waals surface area contributed by atoms with Crippen LogP contribution < -0.4 is 10.6 Å². The van der Waals surface area contributed by atoms with E-state index in [1.54, 1.807) is 9.58 Å². The van der Waals surface area contributed by atoms with Crippen molar-refractivity contribution in [2.75, 3.05) is 24.7 Å². The number of anilines is 2. The van der Waals surface area contributed by atoms with Gasteiger partial charge in [0.05, 0.1) is 10.9 Å². The second-order valence-electron chi connectivity index (χ2n) is 6.17. The van der Waals surface area contributed by atoms with Gasteiger partial charge >= 0.3 is 0 Å². The van der Waals surface area contributed by atoms with Gasteiger partial charge in [-0.05, 0) is 42.8 Å². The van der Waals surface area contributed by atoms with E-state index in [2.05, 4.69) is 43.5 Å². The zero-order valence-electron chi connectivity index (χ0n) is 15.4. The number of rotatable bonds is 5. The van der Waals surface area contributed by atoms with Gasteiger partial charge in [0.2, 0.25) is 17.1 Å². The van der Waals surface area contributed by atoms with Crippen LogP contribution in [0.1, 0.15) is 29.1 Å². The van der Waals surface area contributed by atoms with Gasteiger partial charge in [0.15, 0.2) is 0 Å². The summed E-state index contributed by atoms with van der Waals surface area (Å²) in [5.41, 5.74) is 9.06. The van der Waals surface area contributed by atoms with Crippen LogP contribution in [0.3, 0.4) is 0 Å². The number of nitrogens with two attached hydrogens (primary N) is 1. The zero-order chi connectivity index (χ0) is 18.8. The lowest BCUT2D eigenvalue weighted by Crippen LogP contribution is -2.16. The van der Waals surface area contributed by atoms with E-state index in [9.17, 15) is 0 Å². The second-order valence-corrected chi connectivity index (χ2v) is 7.48. The van der Waals surface area contributed by atoms with Gasteiger partial charge in [-0.1, -0.05) is 29.5 Å². The molecule has 0 aliphatic carbocycles. The van der Waals surface area contributed by atoms with Gasteiger partial charge in [-0.15, -0.1) is 5.10 Å². The summed E-state index contributed by atoms with van der Waals surface area (Å²) in [6, 6.07) is 6.16. The van der Waals surface area contributed by atoms with Crippen LogP contribution in [0.25, 0.3) is 5.69 Å². The molecule has 0 spiro atoms. The van der Waals surface area contributed by atoms with Crippen LogP contribution in [0.2, 0.25) is 0 Å². The molecule has 3 aromatic rings. The number of hydrogen-bond acceptors (Lipinski definition) is 9. The standard InChI is InChI=1S/C16H21N9S/c1-9-6-7-12(10(2)8-9)25-16(21-22-23-25)26-11(3)13-18-14(17)20-15(19-13)24(4)5/h6-8,11H,1-5H3,(H2,17,18,19,20). The molecule has 1 atom stereocenters. The molecule has 136 valence electrons. The molecule has 0 bridgehead atoms. The van der Waals surface area contributed by atoms with Crippen molar-refractivity contribution in [2.45, 2.75) is 31.2 Å². The van der Waals surface area contributed by atoms with Crippen molar-refractivity contribution in [1.82, 2.24) is 35.2 Å². The van der Waals surface area contributed by atoms with Gasteiger partial charge in [-0.25, -0.2) is 0 Å². The van der Waals surface area contributed by atoms with Crippen LogP contribution in [-0.2, 0) is 0 Å². The highest BCUT2D eigenvalue weighted by Crippen LogP contribution is 2.33. The van der Waals surface area contributed by atoms with Gasteiger partial charge in [-0.3, -0.25) is 0 Å². The van der Waals surface area contributed by atoms with Gasteiger partial charge in [0, 0.05) is 14.1 Å². The molecule has 1 unspecified atom stereocenters. The Kier molecular flexibility index (Phi) is 5.03. The lowest BCUT2D eigenvalue weighted by atomic mass is 10.1. The summed E-state index contributed by atoms with van der Waals surface area (Å²) in [4.78, 5) is 14.6. The average Bonchev–Trinajstić information content (AvgIpc) is 3.02. The first-order valence-electron chi connectivity index (χ1n) is 8.06. The molecular formula is C16H21N9S. The van der Waals surface area contributed by atoms with E-state index >= 15 is 0 Å². The Morgan fingerprint density at radius 2 is 1.92 bits per heavy atom. The summed E-state index contributed by atoms with van der Waals surface area (Å²) in [6.07, 6.45) is 0. The maximum atomic E-state index is 5.82. The summed E-state index contributed by atoms with van der Waals surface area (Å²) in [5, 5.41) is 12.7. The molecule has 9 nitrogen and oxygen atoms in total. The van der Waals surface area contributed by atoms with E-state index in [-0.39, 0.29) is 11.2 Å². The molecule has 0 aliphatic heterocycles. The minimum Gasteiger partial charge on any atom is -0.368 e. The number of aryl methyl sites for hydroxylation is 2. The number of tetrazole rings is 1. The predicted octanol–water partition coefficient (Wildman–Crippen LogP) is 1.97. The van der Waals surface area contributed by atoms with Crippen LogP contribution in [0.15, 0.2) is 23.4 Å². The number of aromatic nitrogens is 7. The van der Waals surface area contributed by atoms with Crippen LogP contribution in [0, 0.1) is 13.8 Å². The predicted molar refractivity (Wildman–Crippen MR) is 101 cm³/mol. The van der Waals surface area contributed by atoms with Crippen LogP contribution in [-0.4, -0.2) is 49.3 Å². The Morgan fingerprint density at radius 3 is 2.62 bits per heavy atom. The third-order valence-electron chi connectivity index (χ3n) is 3.73. The number of benzene rings is 1. The average molecular weight is 371 g/mol. The molecule has 2 N–H and O–H groups in total. The van der Waals surface area contributed by atoms with E-state index in [1.807, 2.05) is 40.1 Å². The van der Waals surface area contributed by atoms with Crippen molar-refractivity contribution in [3.63, 3.8) is 0 Å². The van der Waals surface area contributed by atoms with E-state index in [0.29, 0.717) is 16.9 Å². The van der Waals surface area contributed by atoms with E-state index in [0.717, 1.165) is 11.3 Å². The van der Waals surface area contributed by atoms with Crippen molar-refractivity contribution in [3.05, 3.63) is 35.2 Å². The SMILES string of the molecule is Cc1ccc(-n2nnnc2SC(C)c2nc(N)nc(N(C)C)n2)c(C)c1. The molecule has 0 saturated heterocycles. The molecule has 0 saturated carbocycles. The largest absolute Gasteiger partial charge is 0.368 e.